The van der Waals surface area contributed by atoms with E-state index < -0.39 is 0 Å². The molecule has 6 heteroatoms. The van der Waals surface area contributed by atoms with Crippen molar-refractivity contribution < 1.29 is 4.39 Å². The summed E-state index contributed by atoms with van der Waals surface area (Å²) in [5.74, 6) is 0.628. The molecule has 1 N–H and O–H groups in total. The van der Waals surface area contributed by atoms with Crippen LogP contribution in [0.2, 0.25) is 0 Å². The van der Waals surface area contributed by atoms with E-state index in [-0.39, 0.29) is 11.9 Å². The maximum atomic E-state index is 13.1. The van der Waals surface area contributed by atoms with Gasteiger partial charge in [0.05, 0.1) is 0 Å². The van der Waals surface area contributed by atoms with Gasteiger partial charge in [-0.3, -0.25) is 0 Å². The lowest BCUT2D eigenvalue weighted by Crippen LogP contribution is -2.31. The van der Waals surface area contributed by atoms with E-state index in [0.717, 1.165) is 36.7 Å². The minimum Gasteiger partial charge on any atom is -0.341 e. The number of hydrogen-bond donors (Lipinski definition) is 1. The first-order valence-electron chi connectivity index (χ1n) is 8.82. The molecule has 2 heterocycles. The molecule has 0 aliphatic carbocycles. The van der Waals surface area contributed by atoms with Crippen LogP contribution in [-0.2, 0) is 6.54 Å². The summed E-state index contributed by atoms with van der Waals surface area (Å²) in [6.07, 6.45) is 6.25. The lowest BCUT2D eigenvalue weighted by molar-refractivity contribution is 0.288. The Morgan fingerprint density at radius 3 is 2.36 bits per heavy atom. The molecule has 0 amide bonds. The molecular formula is C19H26FN5. The second kappa shape index (κ2) is 8.36. The Morgan fingerprint density at radius 1 is 1.12 bits per heavy atom. The van der Waals surface area contributed by atoms with E-state index in [1.807, 2.05) is 38.6 Å². The Bertz CT molecular complexity index is 651. The molecule has 1 aliphatic rings. The van der Waals surface area contributed by atoms with Gasteiger partial charge in [-0.2, -0.15) is 0 Å². The molecule has 0 spiro atoms. The van der Waals surface area contributed by atoms with Crippen LogP contribution in [-0.4, -0.2) is 48.6 Å². The Labute approximate surface area is 148 Å². The van der Waals surface area contributed by atoms with E-state index in [2.05, 4.69) is 25.1 Å². The number of benzene rings is 1. The summed E-state index contributed by atoms with van der Waals surface area (Å²) >= 11 is 0. The maximum Gasteiger partial charge on any atom is 0.225 e. The van der Waals surface area contributed by atoms with E-state index in [4.69, 9.17) is 0 Å². The fraction of sp³-hybridized carbons (Fsp3) is 0.474. The third-order valence-corrected chi connectivity index (χ3v) is 4.63. The van der Waals surface area contributed by atoms with Crippen LogP contribution in [0.5, 0.6) is 0 Å². The van der Waals surface area contributed by atoms with Crippen LogP contribution in [0.3, 0.4) is 0 Å². The minimum absolute atomic E-state index is 0.186. The van der Waals surface area contributed by atoms with Crippen molar-refractivity contribution in [2.45, 2.75) is 25.4 Å². The van der Waals surface area contributed by atoms with Crippen LogP contribution >= 0.6 is 0 Å². The van der Waals surface area contributed by atoms with E-state index >= 15 is 0 Å². The highest BCUT2D eigenvalue weighted by Crippen LogP contribution is 2.18. The van der Waals surface area contributed by atoms with Gasteiger partial charge in [-0.25, -0.2) is 14.4 Å². The summed E-state index contributed by atoms with van der Waals surface area (Å²) in [5.41, 5.74) is 2.17. The van der Waals surface area contributed by atoms with Crippen LogP contribution in [0.4, 0.5) is 10.3 Å². The zero-order valence-corrected chi connectivity index (χ0v) is 15.0. The SMILES string of the molecule is CN(C)[C@H](CNCc1cnc(N2CCCC2)nc1)c1ccc(F)cc1. The third-order valence-electron chi connectivity index (χ3n) is 4.63. The van der Waals surface area contributed by atoms with Crippen molar-refractivity contribution in [2.75, 3.05) is 38.6 Å². The average Bonchev–Trinajstić information content (AvgIpc) is 3.15. The van der Waals surface area contributed by atoms with Crippen molar-refractivity contribution in [2.24, 2.45) is 0 Å². The van der Waals surface area contributed by atoms with Crippen LogP contribution in [0.15, 0.2) is 36.7 Å². The first kappa shape index (κ1) is 17.8. The van der Waals surface area contributed by atoms with Crippen LogP contribution in [0.25, 0.3) is 0 Å². The minimum atomic E-state index is -0.204. The van der Waals surface area contributed by atoms with E-state index in [1.165, 1.54) is 25.0 Å². The van der Waals surface area contributed by atoms with Gasteiger partial charge in [-0.05, 0) is 44.6 Å². The number of aromatic nitrogens is 2. The molecule has 134 valence electrons. The standard InChI is InChI=1S/C19H26FN5/c1-24(2)18(16-5-7-17(20)8-6-16)14-21-11-15-12-22-19(23-13-15)25-9-3-4-10-25/h5-8,12-13,18,21H,3-4,9-11,14H2,1-2H3/t18-/m1/s1. The smallest absolute Gasteiger partial charge is 0.225 e. The van der Waals surface area contributed by atoms with Crippen LogP contribution in [0, 0.1) is 5.82 Å². The number of anilines is 1. The molecule has 1 atom stereocenters. The zero-order valence-electron chi connectivity index (χ0n) is 15.0. The number of likely N-dealkylation sites (N-methyl/N-ethyl adjacent to an activating group) is 1. The van der Waals surface area contributed by atoms with Gasteiger partial charge in [0.15, 0.2) is 0 Å². The second-order valence-corrected chi connectivity index (χ2v) is 6.75. The van der Waals surface area contributed by atoms with Gasteiger partial charge in [0.1, 0.15) is 5.82 Å². The van der Waals surface area contributed by atoms with Crippen molar-refractivity contribution >= 4 is 5.95 Å². The highest BCUT2D eigenvalue weighted by atomic mass is 19.1. The summed E-state index contributed by atoms with van der Waals surface area (Å²) in [6.45, 7) is 3.60. The zero-order chi connectivity index (χ0) is 17.6. The maximum absolute atomic E-state index is 13.1. The largest absolute Gasteiger partial charge is 0.341 e. The summed E-state index contributed by atoms with van der Waals surface area (Å²) in [7, 11) is 4.06. The number of nitrogens with zero attached hydrogens (tertiary/aromatic N) is 4. The molecule has 0 saturated carbocycles. The van der Waals surface area contributed by atoms with Gasteiger partial charge in [0, 0.05) is 50.2 Å². The topological polar surface area (TPSA) is 44.3 Å². The number of hydrogen-bond acceptors (Lipinski definition) is 5. The van der Waals surface area contributed by atoms with E-state index in [0.29, 0.717) is 6.54 Å². The van der Waals surface area contributed by atoms with Gasteiger partial charge in [-0.15, -0.1) is 0 Å². The molecule has 2 aromatic rings. The molecule has 5 nitrogen and oxygen atoms in total. The van der Waals surface area contributed by atoms with Crippen molar-refractivity contribution in [3.8, 4) is 0 Å². The first-order chi connectivity index (χ1) is 12.1. The lowest BCUT2D eigenvalue weighted by Gasteiger charge is -2.25. The van der Waals surface area contributed by atoms with E-state index in [9.17, 15) is 4.39 Å². The normalized spacial score (nSPS) is 15.8. The van der Waals surface area contributed by atoms with Crippen LogP contribution < -0.4 is 10.2 Å². The third kappa shape index (κ3) is 4.74. The van der Waals surface area contributed by atoms with Gasteiger partial charge in [0.2, 0.25) is 5.95 Å². The average molecular weight is 343 g/mol. The Balaban J connectivity index is 1.54. The van der Waals surface area contributed by atoms with Crippen molar-refractivity contribution in [3.63, 3.8) is 0 Å². The monoisotopic (exact) mass is 343 g/mol. The van der Waals surface area contributed by atoms with Gasteiger partial charge < -0.3 is 15.1 Å². The quantitative estimate of drug-likeness (QED) is 0.837. The molecule has 1 aliphatic heterocycles. The Hall–Kier alpha value is -2.05. The molecule has 0 radical (unpaired) electrons. The number of halogens is 1. The van der Waals surface area contributed by atoms with Crippen LogP contribution in [0.1, 0.15) is 30.0 Å². The van der Waals surface area contributed by atoms with E-state index in [1.54, 1.807) is 0 Å². The summed E-state index contributed by atoms with van der Waals surface area (Å²) in [5, 5.41) is 3.46. The molecule has 0 unspecified atom stereocenters. The van der Waals surface area contributed by atoms with Crippen molar-refractivity contribution in [1.29, 1.82) is 0 Å². The highest BCUT2D eigenvalue weighted by Gasteiger charge is 2.15. The first-order valence-corrected chi connectivity index (χ1v) is 8.82. The lowest BCUT2D eigenvalue weighted by atomic mass is 10.1. The molecule has 0 bridgehead atoms. The molecule has 1 fully saturated rings. The molecule has 3 rings (SSSR count). The fourth-order valence-electron chi connectivity index (χ4n) is 3.16. The van der Waals surface area contributed by atoms with Gasteiger partial charge in [-0.1, -0.05) is 12.1 Å². The number of rotatable bonds is 7. The predicted octanol–water partition coefficient (Wildman–Crippen LogP) is 2.61. The molecule has 25 heavy (non-hydrogen) atoms. The Kier molecular flexibility index (Phi) is 5.94. The Morgan fingerprint density at radius 2 is 1.76 bits per heavy atom. The van der Waals surface area contributed by atoms with Crippen molar-refractivity contribution in [1.82, 2.24) is 20.2 Å². The molecular weight excluding hydrogens is 317 g/mol. The number of nitrogens with one attached hydrogen (secondary N) is 1. The van der Waals surface area contributed by atoms with Crippen molar-refractivity contribution in [3.05, 3.63) is 53.6 Å². The fourth-order valence-corrected chi connectivity index (χ4v) is 3.16. The van der Waals surface area contributed by atoms with Gasteiger partial charge in [0.25, 0.3) is 0 Å². The summed E-state index contributed by atoms with van der Waals surface area (Å²) in [4.78, 5) is 13.3. The molecule has 1 saturated heterocycles. The molecule has 1 aromatic heterocycles. The molecule has 1 aromatic carbocycles. The second-order valence-electron chi connectivity index (χ2n) is 6.75. The summed E-state index contributed by atoms with van der Waals surface area (Å²) in [6, 6.07) is 6.89. The predicted molar refractivity (Wildman–Crippen MR) is 98.0 cm³/mol. The van der Waals surface area contributed by atoms with Gasteiger partial charge >= 0.3 is 0 Å². The highest BCUT2D eigenvalue weighted by molar-refractivity contribution is 5.31. The summed E-state index contributed by atoms with van der Waals surface area (Å²) < 4.78 is 13.1.